The molecule has 1 rings (SSSR count). The van der Waals surface area contributed by atoms with Crippen molar-refractivity contribution >= 4 is 21.7 Å². The Hall–Kier alpha value is -0.670. The Morgan fingerprint density at radius 1 is 1.46 bits per heavy atom. The van der Waals surface area contributed by atoms with Gasteiger partial charge in [0.2, 0.25) is 0 Å². The Balaban J connectivity index is 2.66. The number of ketones is 1. The molecule has 0 aliphatic heterocycles. The van der Waals surface area contributed by atoms with Crippen LogP contribution in [0.2, 0.25) is 0 Å². The van der Waals surface area contributed by atoms with E-state index in [1.54, 1.807) is 0 Å². The summed E-state index contributed by atoms with van der Waals surface area (Å²) in [4.78, 5) is 11.5. The zero-order chi connectivity index (χ0) is 9.68. The molecule has 0 radical (unpaired) electrons. The first kappa shape index (κ1) is 10.4. The van der Waals surface area contributed by atoms with Crippen LogP contribution in [-0.4, -0.2) is 12.3 Å². The summed E-state index contributed by atoms with van der Waals surface area (Å²) < 4.78 is 0.936. The summed E-state index contributed by atoms with van der Waals surface area (Å²) in [5.41, 5.74) is 6.08. The number of hydrogen-bond acceptors (Lipinski definition) is 2. The van der Waals surface area contributed by atoms with E-state index in [4.69, 9.17) is 5.73 Å². The van der Waals surface area contributed by atoms with Crippen LogP contribution < -0.4 is 5.73 Å². The van der Waals surface area contributed by atoms with Gasteiger partial charge in [0.25, 0.3) is 0 Å². The summed E-state index contributed by atoms with van der Waals surface area (Å²) in [5.74, 6) is 0.159. The Morgan fingerprint density at radius 2 is 2.23 bits per heavy atom. The van der Waals surface area contributed by atoms with Crippen LogP contribution in [0.25, 0.3) is 0 Å². The van der Waals surface area contributed by atoms with E-state index in [2.05, 4.69) is 15.9 Å². The number of carbonyl (C=O) groups is 1. The highest BCUT2D eigenvalue weighted by molar-refractivity contribution is 9.10. The van der Waals surface area contributed by atoms with E-state index >= 15 is 0 Å². The van der Waals surface area contributed by atoms with E-state index in [-0.39, 0.29) is 5.78 Å². The first-order chi connectivity index (χ1) is 6.24. The van der Waals surface area contributed by atoms with Gasteiger partial charge in [0.15, 0.2) is 5.78 Å². The second-order valence-corrected chi connectivity index (χ2v) is 3.74. The van der Waals surface area contributed by atoms with Gasteiger partial charge in [-0.25, -0.2) is 0 Å². The summed E-state index contributed by atoms with van der Waals surface area (Å²) in [6, 6.07) is 7.42. The van der Waals surface area contributed by atoms with E-state index in [1.807, 2.05) is 24.3 Å². The minimum atomic E-state index is 0.159. The van der Waals surface area contributed by atoms with E-state index in [0.717, 1.165) is 16.5 Å². The third kappa shape index (κ3) is 3.28. The molecule has 2 nitrogen and oxygen atoms in total. The van der Waals surface area contributed by atoms with Crippen molar-refractivity contribution in [2.24, 2.45) is 5.73 Å². The van der Waals surface area contributed by atoms with Gasteiger partial charge >= 0.3 is 0 Å². The molecule has 0 saturated heterocycles. The van der Waals surface area contributed by atoms with Gasteiger partial charge in [0.1, 0.15) is 0 Å². The predicted octanol–water partition coefficient (Wildman–Crippen LogP) is 2.37. The molecule has 13 heavy (non-hydrogen) atoms. The summed E-state index contributed by atoms with van der Waals surface area (Å²) in [6.07, 6.45) is 1.29. The number of benzene rings is 1. The molecule has 0 heterocycles. The Bertz CT molecular complexity index is 299. The molecule has 0 amide bonds. The second kappa shape index (κ2) is 5.14. The highest BCUT2D eigenvalue weighted by Gasteiger charge is 2.04. The van der Waals surface area contributed by atoms with Crippen molar-refractivity contribution in [3.05, 3.63) is 34.3 Å². The van der Waals surface area contributed by atoms with Crippen molar-refractivity contribution in [1.82, 2.24) is 0 Å². The Labute approximate surface area is 86.3 Å². The summed E-state index contributed by atoms with van der Waals surface area (Å²) in [5, 5.41) is 0. The molecule has 0 bridgehead atoms. The predicted molar refractivity (Wildman–Crippen MR) is 56.8 cm³/mol. The SMILES string of the molecule is NCCCC(=O)c1cccc(Br)c1. The number of carbonyl (C=O) groups excluding carboxylic acids is 1. The molecule has 1 aromatic carbocycles. The summed E-state index contributed by atoms with van der Waals surface area (Å²) >= 11 is 3.32. The Morgan fingerprint density at radius 3 is 2.85 bits per heavy atom. The highest BCUT2D eigenvalue weighted by Crippen LogP contribution is 2.13. The van der Waals surface area contributed by atoms with E-state index < -0.39 is 0 Å². The molecular weight excluding hydrogens is 230 g/mol. The van der Waals surface area contributed by atoms with Crippen LogP contribution >= 0.6 is 15.9 Å². The quantitative estimate of drug-likeness (QED) is 0.823. The monoisotopic (exact) mass is 241 g/mol. The van der Waals surface area contributed by atoms with Gasteiger partial charge in [-0.3, -0.25) is 4.79 Å². The molecule has 0 spiro atoms. The maximum atomic E-state index is 11.5. The average Bonchev–Trinajstić information content (AvgIpc) is 2.14. The molecule has 0 aromatic heterocycles. The van der Waals surface area contributed by atoms with Crippen molar-refractivity contribution in [2.75, 3.05) is 6.54 Å². The first-order valence-corrected chi connectivity index (χ1v) is 5.02. The fourth-order valence-corrected chi connectivity index (χ4v) is 1.47. The maximum absolute atomic E-state index is 11.5. The van der Waals surface area contributed by atoms with Crippen LogP contribution in [0, 0.1) is 0 Å². The zero-order valence-electron chi connectivity index (χ0n) is 7.29. The van der Waals surface area contributed by atoms with Gasteiger partial charge < -0.3 is 5.73 Å². The molecule has 70 valence electrons. The van der Waals surface area contributed by atoms with Crippen molar-refractivity contribution in [3.63, 3.8) is 0 Å². The smallest absolute Gasteiger partial charge is 0.162 e. The first-order valence-electron chi connectivity index (χ1n) is 4.23. The standard InChI is InChI=1S/C10H12BrNO/c11-9-4-1-3-8(7-9)10(13)5-2-6-12/h1,3-4,7H,2,5-6,12H2. The average molecular weight is 242 g/mol. The molecule has 2 N–H and O–H groups in total. The van der Waals surface area contributed by atoms with Crippen LogP contribution in [0.4, 0.5) is 0 Å². The van der Waals surface area contributed by atoms with Gasteiger partial charge in [-0.2, -0.15) is 0 Å². The molecule has 0 fully saturated rings. The summed E-state index contributed by atoms with van der Waals surface area (Å²) in [6.45, 7) is 0.569. The van der Waals surface area contributed by atoms with Gasteiger partial charge in [0, 0.05) is 16.5 Å². The lowest BCUT2D eigenvalue weighted by Crippen LogP contribution is -2.04. The molecule has 0 atom stereocenters. The topological polar surface area (TPSA) is 43.1 Å². The van der Waals surface area contributed by atoms with Crippen molar-refractivity contribution in [3.8, 4) is 0 Å². The zero-order valence-corrected chi connectivity index (χ0v) is 8.88. The fourth-order valence-electron chi connectivity index (χ4n) is 1.07. The highest BCUT2D eigenvalue weighted by atomic mass is 79.9. The number of Topliss-reactive ketones (excluding diaryl/α,β-unsaturated/α-hetero) is 1. The van der Waals surface area contributed by atoms with Crippen molar-refractivity contribution in [2.45, 2.75) is 12.8 Å². The van der Waals surface area contributed by atoms with Gasteiger partial charge in [-0.05, 0) is 25.1 Å². The minimum Gasteiger partial charge on any atom is -0.330 e. The molecule has 1 aromatic rings. The minimum absolute atomic E-state index is 0.159. The lowest BCUT2D eigenvalue weighted by Gasteiger charge is -1.99. The number of rotatable bonds is 4. The van der Waals surface area contributed by atoms with Crippen LogP contribution in [0.1, 0.15) is 23.2 Å². The van der Waals surface area contributed by atoms with Crippen LogP contribution in [0.15, 0.2) is 28.7 Å². The van der Waals surface area contributed by atoms with E-state index in [9.17, 15) is 4.79 Å². The molecule has 3 heteroatoms. The van der Waals surface area contributed by atoms with E-state index in [0.29, 0.717) is 13.0 Å². The normalized spacial score (nSPS) is 10.0. The second-order valence-electron chi connectivity index (χ2n) is 2.83. The summed E-state index contributed by atoms with van der Waals surface area (Å²) in [7, 11) is 0. The molecule has 0 aliphatic rings. The van der Waals surface area contributed by atoms with Gasteiger partial charge in [0.05, 0.1) is 0 Å². The number of hydrogen-bond donors (Lipinski definition) is 1. The van der Waals surface area contributed by atoms with E-state index in [1.165, 1.54) is 0 Å². The third-order valence-electron chi connectivity index (χ3n) is 1.75. The number of nitrogens with two attached hydrogens (primary N) is 1. The van der Waals surface area contributed by atoms with Crippen LogP contribution in [0.3, 0.4) is 0 Å². The van der Waals surface area contributed by atoms with Gasteiger partial charge in [-0.15, -0.1) is 0 Å². The fraction of sp³-hybridized carbons (Fsp3) is 0.300. The maximum Gasteiger partial charge on any atom is 0.162 e. The van der Waals surface area contributed by atoms with Crippen LogP contribution in [0.5, 0.6) is 0 Å². The lowest BCUT2D eigenvalue weighted by molar-refractivity contribution is 0.0980. The molecule has 0 aliphatic carbocycles. The van der Waals surface area contributed by atoms with Crippen LogP contribution in [-0.2, 0) is 0 Å². The van der Waals surface area contributed by atoms with Crippen molar-refractivity contribution < 1.29 is 4.79 Å². The molecular formula is C10H12BrNO. The Kier molecular flexibility index (Phi) is 4.12. The number of halogens is 1. The largest absolute Gasteiger partial charge is 0.330 e. The van der Waals surface area contributed by atoms with Crippen molar-refractivity contribution in [1.29, 1.82) is 0 Å². The molecule has 0 saturated carbocycles. The molecule has 0 unspecified atom stereocenters. The van der Waals surface area contributed by atoms with Gasteiger partial charge in [-0.1, -0.05) is 28.1 Å². The third-order valence-corrected chi connectivity index (χ3v) is 2.25. The lowest BCUT2D eigenvalue weighted by atomic mass is 10.1.